The molecule has 2 N–H and O–H groups in total. The summed E-state index contributed by atoms with van der Waals surface area (Å²) in [6, 6.07) is 11.2. The lowest BCUT2D eigenvalue weighted by Gasteiger charge is -1.93. The number of nitrogens with zero attached hydrogens (tertiary/aromatic N) is 3. The highest BCUT2D eigenvalue weighted by Crippen LogP contribution is 2.15. The number of pyridine rings is 1. The summed E-state index contributed by atoms with van der Waals surface area (Å²) in [6.45, 7) is 0. The van der Waals surface area contributed by atoms with Gasteiger partial charge in [-0.2, -0.15) is 4.98 Å². The Hall–Kier alpha value is -2.95. The minimum Gasteiger partial charge on any atom is -0.399 e. The van der Waals surface area contributed by atoms with E-state index in [9.17, 15) is 0 Å². The van der Waals surface area contributed by atoms with Crippen LogP contribution in [0.2, 0.25) is 0 Å². The molecule has 0 atom stereocenters. The van der Waals surface area contributed by atoms with E-state index in [-0.39, 0.29) is 0 Å². The molecule has 2 aromatic heterocycles. The van der Waals surface area contributed by atoms with Gasteiger partial charge in [0.1, 0.15) is 0 Å². The van der Waals surface area contributed by atoms with Gasteiger partial charge in [-0.25, -0.2) is 0 Å². The fraction of sp³-hybridized carbons (Fsp3) is 0. The van der Waals surface area contributed by atoms with Crippen molar-refractivity contribution < 1.29 is 4.52 Å². The van der Waals surface area contributed by atoms with Crippen LogP contribution in [0.3, 0.4) is 0 Å². The Bertz CT molecular complexity index is 717. The molecule has 0 saturated heterocycles. The Morgan fingerprint density at radius 1 is 1.05 bits per heavy atom. The lowest BCUT2D eigenvalue weighted by Crippen LogP contribution is -1.82. The normalized spacial score (nSPS) is 11.0. The molecule has 0 amide bonds. The Balaban J connectivity index is 1.79. The molecular formula is C15H12N4O. The molecule has 0 aliphatic rings. The van der Waals surface area contributed by atoms with E-state index in [2.05, 4.69) is 15.1 Å². The molecule has 0 spiro atoms. The first-order valence-corrected chi connectivity index (χ1v) is 6.09. The van der Waals surface area contributed by atoms with Gasteiger partial charge in [0, 0.05) is 29.7 Å². The van der Waals surface area contributed by atoms with E-state index in [4.69, 9.17) is 10.3 Å². The molecular weight excluding hydrogens is 252 g/mol. The first kappa shape index (κ1) is 12.1. The van der Waals surface area contributed by atoms with E-state index in [0.717, 1.165) is 16.8 Å². The van der Waals surface area contributed by atoms with Crippen molar-refractivity contribution >= 4 is 17.8 Å². The highest BCUT2D eigenvalue weighted by Gasteiger charge is 2.05. The molecule has 0 aliphatic carbocycles. The third kappa shape index (κ3) is 2.72. The Kier molecular flexibility index (Phi) is 3.24. The van der Waals surface area contributed by atoms with Crippen LogP contribution >= 0.6 is 0 Å². The van der Waals surface area contributed by atoms with Crippen LogP contribution in [0.1, 0.15) is 11.5 Å². The van der Waals surface area contributed by atoms with Gasteiger partial charge in [0.25, 0.3) is 5.89 Å². The number of nitrogen functional groups attached to an aromatic ring is 1. The SMILES string of the molecule is Nc1ccc(/C=C/c2nc(-c3cccnc3)no2)cc1. The second-order valence-corrected chi connectivity index (χ2v) is 4.20. The minimum absolute atomic E-state index is 0.445. The van der Waals surface area contributed by atoms with Crippen LogP contribution in [0.25, 0.3) is 23.5 Å². The summed E-state index contributed by atoms with van der Waals surface area (Å²) in [5.41, 5.74) is 8.20. The zero-order valence-corrected chi connectivity index (χ0v) is 10.6. The van der Waals surface area contributed by atoms with Gasteiger partial charge < -0.3 is 10.3 Å². The maximum Gasteiger partial charge on any atom is 0.250 e. The van der Waals surface area contributed by atoms with Gasteiger partial charge in [-0.15, -0.1) is 0 Å². The molecule has 3 rings (SSSR count). The number of anilines is 1. The van der Waals surface area contributed by atoms with E-state index < -0.39 is 0 Å². The third-order valence-corrected chi connectivity index (χ3v) is 2.72. The highest BCUT2D eigenvalue weighted by atomic mass is 16.5. The van der Waals surface area contributed by atoms with Crippen molar-refractivity contribution in [1.29, 1.82) is 0 Å². The summed E-state index contributed by atoms with van der Waals surface area (Å²) in [5.74, 6) is 0.968. The molecule has 5 nitrogen and oxygen atoms in total. The van der Waals surface area contributed by atoms with Crippen molar-refractivity contribution in [2.45, 2.75) is 0 Å². The first-order valence-electron chi connectivity index (χ1n) is 6.09. The van der Waals surface area contributed by atoms with Crippen molar-refractivity contribution in [2.75, 3.05) is 5.73 Å². The van der Waals surface area contributed by atoms with Crippen LogP contribution in [0.15, 0.2) is 53.3 Å². The van der Waals surface area contributed by atoms with Crippen LogP contribution in [0.4, 0.5) is 5.69 Å². The summed E-state index contributed by atoms with van der Waals surface area (Å²) in [5, 5.41) is 3.92. The quantitative estimate of drug-likeness (QED) is 0.736. The average molecular weight is 264 g/mol. The molecule has 0 bridgehead atoms. The lowest BCUT2D eigenvalue weighted by atomic mass is 10.2. The van der Waals surface area contributed by atoms with Crippen molar-refractivity contribution in [1.82, 2.24) is 15.1 Å². The van der Waals surface area contributed by atoms with Gasteiger partial charge in [-0.05, 0) is 35.9 Å². The maximum atomic E-state index is 5.63. The van der Waals surface area contributed by atoms with Gasteiger partial charge in [-0.1, -0.05) is 17.3 Å². The van der Waals surface area contributed by atoms with Crippen molar-refractivity contribution in [2.24, 2.45) is 0 Å². The molecule has 20 heavy (non-hydrogen) atoms. The van der Waals surface area contributed by atoms with E-state index in [1.54, 1.807) is 18.5 Å². The summed E-state index contributed by atoms with van der Waals surface area (Å²) in [6.07, 6.45) is 7.04. The van der Waals surface area contributed by atoms with Gasteiger partial charge in [0.05, 0.1) is 0 Å². The molecule has 0 unspecified atom stereocenters. The van der Waals surface area contributed by atoms with Crippen LogP contribution < -0.4 is 5.73 Å². The second kappa shape index (κ2) is 5.36. The van der Waals surface area contributed by atoms with Gasteiger partial charge in [0.15, 0.2) is 0 Å². The molecule has 3 aromatic rings. The summed E-state index contributed by atoms with van der Waals surface area (Å²) >= 11 is 0. The Labute approximate surface area is 115 Å². The fourth-order valence-electron chi connectivity index (χ4n) is 1.69. The number of hydrogen-bond acceptors (Lipinski definition) is 5. The van der Waals surface area contributed by atoms with Gasteiger partial charge in [0.2, 0.25) is 5.82 Å². The predicted octanol–water partition coefficient (Wildman–Crippen LogP) is 2.88. The van der Waals surface area contributed by atoms with Gasteiger partial charge in [-0.3, -0.25) is 4.98 Å². The Morgan fingerprint density at radius 3 is 2.65 bits per heavy atom. The second-order valence-electron chi connectivity index (χ2n) is 4.20. The number of rotatable bonds is 3. The number of hydrogen-bond donors (Lipinski definition) is 1. The summed E-state index contributed by atoms with van der Waals surface area (Å²) in [4.78, 5) is 8.30. The smallest absolute Gasteiger partial charge is 0.250 e. The van der Waals surface area contributed by atoms with E-state index in [1.165, 1.54) is 0 Å². The van der Waals surface area contributed by atoms with Gasteiger partial charge >= 0.3 is 0 Å². The topological polar surface area (TPSA) is 77.8 Å². The molecule has 0 aliphatic heterocycles. The molecule has 98 valence electrons. The van der Waals surface area contributed by atoms with Crippen LogP contribution in [0, 0.1) is 0 Å². The lowest BCUT2D eigenvalue weighted by molar-refractivity contribution is 0.411. The van der Waals surface area contributed by atoms with Crippen molar-refractivity contribution in [3.8, 4) is 11.4 Å². The molecule has 0 saturated carbocycles. The fourth-order valence-corrected chi connectivity index (χ4v) is 1.69. The third-order valence-electron chi connectivity index (χ3n) is 2.72. The summed E-state index contributed by atoms with van der Waals surface area (Å²) in [7, 11) is 0. The first-order chi connectivity index (χ1) is 9.81. The molecule has 2 heterocycles. The zero-order valence-electron chi connectivity index (χ0n) is 10.6. The predicted molar refractivity (Wildman–Crippen MR) is 77.3 cm³/mol. The van der Waals surface area contributed by atoms with Crippen LogP contribution in [0.5, 0.6) is 0 Å². The number of nitrogens with two attached hydrogens (primary N) is 1. The minimum atomic E-state index is 0.445. The molecule has 1 aromatic carbocycles. The van der Waals surface area contributed by atoms with Crippen molar-refractivity contribution in [3.63, 3.8) is 0 Å². The zero-order chi connectivity index (χ0) is 13.8. The monoisotopic (exact) mass is 264 g/mol. The van der Waals surface area contributed by atoms with Crippen LogP contribution in [-0.2, 0) is 0 Å². The molecule has 0 fully saturated rings. The largest absolute Gasteiger partial charge is 0.399 e. The summed E-state index contributed by atoms with van der Waals surface area (Å²) < 4.78 is 5.16. The number of benzene rings is 1. The molecule has 0 radical (unpaired) electrons. The van der Waals surface area contributed by atoms with Crippen LogP contribution in [-0.4, -0.2) is 15.1 Å². The highest BCUT2D eigenvalue weighted by molar-refractivity contribution is 5.67. The Morgan fingerprint density at radius 2 is 1.90 bits per heavy atom. The van der Waals surface area contributed by atoms with E-state index in [0.29, 0.717) is 11.7 Å². The van der Waals surface area contributed by atoms with E-state index >= 15 is 0 Å². The van der Waals surface area contributed by atoms with E-state index in [1.807, 2.05) is 42.5 Å². The molecule has 5 heteroatoms. The standard InChI is InChI=1S/C15H12N4O/c16-13-6-3-11(4-7-13)5-8-14-18-15(19-20-14)12-2-1-9-17-10-12/h1-10H,16H2/b8-5+. The number of aromatic nitrogens is 3. The maximum absolute atomic E-state index is 5.63. The average Bonchev–Trinajstić information content (AvgIpc) is 2.97. The van der Waals surface area contributed by atoms with Crippen molar-refractivity contribution in [3.05, 3.63) is 60.2 Å².